The van der Waals surface area contributed by atoms with Crippen molar-refractivity contribution in [2.45, 2.75) is 26.6 Å². The first-order valence-electron chi connectivity index (χ1n) is 6.16. The number of halogens is 2. The first-order chi connectivity index (χ1) is 9.63. The quantitative estimate of drug-likeness (QED) is 0.883. The fourth-order valence-corrected chi connectivity index (χ4v) is 1.73. The Hall–Kier alpha value is -2.08. The molecule has 0 saturated heterocycles. The van der Waals surface area contributed by atoms with Crippen LogP contribution in [0.15, 0.2) is 36.5 Å². The summed E-state index contributed by atoms with van der Waals surface area (Å²) in [6, 6.07) is 8.39. The molecule has 0 fully saturated rings. The van der Waals surface area contributed by atoms with Gasteiger partial charge in [0.2, 0.25) is 0 Å². The predicted octanol–water partition coefficient (Wildman–Crippen LogP) is 2.68. The Balaban J connectivity index is 1.82. The third-order valence-corrected chi connectivity index (χ3v) is 2.62. The number of aromatic nitrogens is 2. The maximum absolute atomic E-state index is 12.0. The topological polar surface area (TPSA) is 47.0 Å². The number of hydrogen-bond acceptors (Lipinski definition) is 4. The zero-order valence-corrected chi connectivity index (χ0v) is 11.0. The van der Waals surface area contributed by atoms with Crippen LogP contribution in [0.25, 0.3) is 0 Å². The highest BCUT2D eigenvalue weighted by molar-refractivity contribution is 5.27. The average Bonchev–Trinajstić information content (AvgIpc) is 2.40. The van der Waals surface area contributed by atoms with Crippen LogP contribution in [0.1, 0.15) is 17.1 Å². The van der Waals surface area contributed by atoms with E-state index in [9.17, 15) is 8.78 Å². The molecular formula is C14H15F2N3O. The molecule has 0 aliphatic heterocycles. The number of hydrogen-bond donors (Lipinski definition) is 1. The second-order valence-electron chi connectivity index (χ2n) is 4.22. The Morgan fingerprint density at radius 3 is 2.55 bits per heavy atom. The van der Waals surface area contributed by atoms with Gasteiger partial charge in [-0.05, 0) is 30.7 Å². The number of nitrogens with one attached hydrogen (secondary N) is 1. The minimum atomic E-state index is -2.79. The molecule has 0 spiro atoms. The molecule has 4 nitrogen and oxygen atoms in total. The van der Waals surface area contributed by atoms with Crippen LogP contribution in [0.4, 0.5) is 8.78 Å². The summed E-state index contributed by atoms with van der Waals surface area (Å²) < 4.78 is 28.3. The van der Waals surface area contributed by atoms with Gasteiger partial charge >= 0.3 is 6.61 Å². The molecule has 1 aromatic heterocycles. The molecule has 6 heteroatoms. The van der Waals surface area contributed by atoms with E-state index in [0.717, 1.165) is 17.1 Å². The average molecular weight is 279 g/mol. The Labute approximate surface area is 115 Å². The fourth-order valence-electron chi connectivity index (χ4n) is 1.73. The van der Waals surface area contributed by atoms with Crippen LogP contribution in [0.5, 0.6) is 5.75 Å². The van der Waals surface area contributed by atoms with E-state index in [1.54, 1.807) is 18.3 Å². The van der Waals surface area contributed by atoms with Crippen molar-refractivity contribution in [2.24, 2.45) is 0 Å². The van der Waals surface area contributed by atoms with Gasteiger partial charge in [0, 0.05) is 19.3 Å². The normalized spacial score (nSPS) is 10.8. The van der Waals surface area contributed by atoms with E-state index in [4.69, 9.17) is 0 Å². The third kappa shape index (κ3) is 4.55. The number of aryl methyl sites for hydroxylation is 1. The van der Waals surface area contributed by atoms with Crippen molar-refractivity contribution in [2.75, 3.05) is 0 Å². The molecule has 1 heterocycles. The summed E-state index contributed by atoms with van der Waals surface area (Å²) >= 11 is 0. The van der Waals surface area contributed by atoms with E-state index in [1.807, 2.05) is 13.0 Å². The van der Waals surface area contributed by atoms with Crippen molar-refractivity contribution in [1.29, 1.82) is 0 Å². The number of alkyl halides is 2. The highest BCUT2D eigenvalue weighted by Gasteiger charge is 2.03. The van der Waals surface area contributed by atoms with Crippen LogP contribution in [-0.2, 0) is 13.1 Å². The molecule has 0 amide bonds. The predicted molar refractivity (Wildman–Crippen MR) is 70.4 cm³/mol. The van der Waals surface area contributed by atoms with Gasteiger partial charge in [-0.1, -0.05) is 12.1 Å². The van der Waals surface area contributed by atoms with Gasteiger partial charge in [-0.3, -0.25) is 0 Å². The molecule has 2 aromatic rings. The highest BCUT2D eigenvalue weighted by atomic mass is 19.3. The molecule has 2 rings (SSSR count). The zero-order valence-electron chi connectivity index (χ0n) is 11.0. The van der Waals surface area contributed by atoms with Gasteiger partial charge in [-0.2, -0.15) is 8.78 Å². The van der Waals surface area contributed by atoms with E-state index in [0.29, 0.717) is 13.1 Å². The lowest BCUT2D eigenvalue weighted by molar-refractivity contribution is -0.0498. The van der Waals surface area contributed by atoms with Crippen LogP contribution >= 0.6 is 0 Å². The lowest BCUT2D eigenvalue weighted by Crippen LogP contribution is -2.14. The molecular weight excluding hydrogens is 264 g/mol. The molecule has 0 aliphatic carbocycles. The third-order valence-electron chi connectivity index (χ3n) is 2.62. The minimum absolute atomic E-state index is 0.162. The molecule has 0 unspecified atom stereocenters. The Bertz CT molecular complexity index is 546. The van der Waals surface area contributed by atoms with Crippen molar-refractivity contribution < 1.29 is 13.5 Å². The van der Waals surface area contributed by atoms with Gasteiger partial charge in [0.25, 0.3) is 0 Å². The first kappa shape index (κ1) is 14.3. The van der Waals surface area contributed by atoms with Gasteiger partial charge in [0.1, 0.15) is 11.6 Å². The number of ether oxygens (including phenoxy) is 1. The minimum Gasteiger partial charge on any atom is -0.435 e. The van der Waals surface area contributed by atoms with Crippen LogP contribution in [0.3, 0.4) is 0 Å². The lowest BCUT2D eigenvalue weighted by atomic mass is 10.2. The van der Waals surface area contributed by atoms with Crippen molar-refractivity contribution in [3.05, 3.63) is 53.6 Å². The standard InChI is InChI=1S/C14H15F2N3O/c1-10-18-7-6-12(19-10)9-17-8-11-2-4-13(5-3-11)20-14(15)16/h2-7,14,17H,8-9H2,1H3. The summed E-state index contributed by atoms with van der Waals surface area (Å²) in [5, 5.41) is 3.23. The molecule has 1 aromatic carbocycles. The van der Waals surface area contributed by atoms with Crippen molar-refractivity contribution in [3.8, 4) is 5.75 Å². The zero-order chi connectivity index (χ0) is 14.4. The SMILES string of the molecule is Cc1nccc(CNCc2ccc(OC(F)F)cc2)n1. The first-order valence-corrected chi connectivity index (χ1v) is 6.16. The Morgan fingerprint density at radius 1 is 1.15 bits per heavy atom. The van der Waals surface area contributed by atoms with Crippen LogP contribution in [0.2, 0.25) is 0 Å². The Kier molecular flexibility index (Phi) is 4.95. The molecule has 0 saturated carbocycles. The monoisotopic (exact) mass is 279 g/mol. The summed E-state index contributed by atoms with van der Waals surface area (Å²) in [5.41, 5.74) is 1.90. The van der Waals surface area contributed by atoms with E-state index in [1.165, 1.54) is 12.1 Å². The number of benzene rings is 1. The fraction of sp³-hybridized carbons (Fsp3) is 0.286. The van der Waals surface area contributed by atoms with Crippen LogP contribution < -0.4 is 10.1 Å². The van der Waals surface area contributed by atoms with Crippen LogP contribution in [-0.4, -0.2) is 16.6 Å². The van der Waals surface area contributed by atoms with E-state index in [-0.39, 0.29) is 5.75 Å². The summed E-state index contributed by atoms with van der Waals surface area (Å²) in [7, 11) is 0. The summed E-state index contributed by atoms with van der Waals surface area (Å²) in [4.78, 5) is 8.30. The van der Waals surface area contributed by atoms with Gasteiger partial charge in [-0.15, -0.1) is 0 Å². The van der Waals surface area contributed by atoms with Crippen LogP contribution in [0, 0.1) is 6.92 Å². The number of rotatable bonds is 6. The van der Waals surface area contributed by atoms with E-state index >= 15 is 0 Å². The highest BCUT2D eigenvalue weighted by Crippen LogP contribution is 2.14. The van der Waals surface area contributed by atoms with Crippen molar-refractivity contribution in [3.63, 3.8) is 0 Å². The number of nitrogens with zero attached hydrogens (tertiary/aromatic N) is 2. The van der Waals surface area contributed by atoms with Crippen molar-refractivity contribution >= 4 is 0 Å². The maximum Gasteiger partial charge on any atom is 0.387 e. The molecule has 0 atom stereocenters. The molecule has 0 bridgehead atoms. The van der Waals surface area contributed by atoms with Gasteiger partial charge in [-0.25, -0.2) is 9.97 Å². The summed E-state index contributed by atoms with van der Waals surface area (Å²) in [5.74, 6) is 0.896. The van der Waals surface area contributed by atoms with Gasteiger partial charge in [0.05, 0.1) is 5.69 Å². The second-order valence-corrected chi connectivity index (χ2v) is 4.22. The largest absolute Gasteiger partial charge is 0.435 e. The second kappa shape index (κ2) is 6.91. The summed E-state index contributed by atoms with van der Waals surface area (Å²) in [6.45, 7) is 0.294. The molecule has 0 radical (unpaired) electrons. The molecule has 0 aliphatic rings. The smallest absolute Gasteiger partial charge is 0.387 e. The molecule has 1 N–H and O–H groups in total. The van der Waals surface area contributed by atoms with Gasteiger partial charge < -0.3 is 10.1 Å². The van der Waals surface area contributed by atoms with Crippen molar-refractivity contribution in [1.82, 2.24) is 15.3 Å². The maximum atomic E-state index is 12.0. The Morgan fingerprint density at radius 2 is 1.90 bits per heavy atom. The molecule has 20 heavy (non-hydrogen) atoms. The molecule has 106 valence electrons. The lowest BCUT2D eigenvalue weighted by Gasteiger charge is -2.07. The van der Waals surface area contributed by atoms with Gasteiger partial charge in [0.15, 0.2) is 0 Å². The summed E-state index contributed by atoms with van der Waals surface area (Å²) in [6.07, 6.45) is 1.72. The van der Waals surface area contributed by atoms with E-state index in [2.05, 4.69) is 20.0 Å². The van der Waals surface area contributed by atoms with E-state index < -0.39 is 6.61 Å².